The molecule has 0 unspecified atom stereocenters. The van der Waals surface area contributed by atoms with Gasteiger partial charge in [0.1, 0.15) is 11.8 Å². The number of fused-ring (bicyclic) bond motifs is 1. The zero-order valence-corrected chi connectivity index (χ0v) is 22.3. The Bertz CT molecular complexity index is 1570. The molecule has 38 heavy (non-hydrogen) atoms. The minimum absolute atomic E-state index is 0.267. The maximum atomic E-state index is 9.86. The summed E-state index contributed by atoms with van der Waals surface area (Å²) >= 11 is 19.2. The molecule has 5 rings (SSSR count). The van der Waals surface area contributed by atoms with Crippen LogP contribution < -0.4 is 31.8 Å². The molecule has 1 aromatic heterocycles. The van der Waals surface area contributed by atoms with E-state index in [4.69, 9.17) is 39.5 Å². The zero-order valence-electron chi connectivity index (χ0n) is 20.1. The molecule has 1 atom stereocenters. The number of anilines is 3. The van der Waals surface area contributed by atoms with Gasteiger partial charge in [-0.2, -0.15) is 10.8 Å². The van der Waals surface area contributed by atoms with Crippen molar-refractivity contribution in [1.29, 1.82) is 5.26 Å². The van der Waals surface area contributed by atoms with E-state index in [0.29, 0.717) is 55.3 Å². The summed E-state index contributed by atoms with van der Waals surface area (Å²) in [5.74, 6) is 0.585. The second-order valence-corrected chi connectivity index (χ2v) is 9.59. The highest BCUT2D eigenvalue weighted by Crippen LogP contribution is 2.38. The van der Waals surface area contributed by atoms with Gasteiger partial charge in [-0.05, 0) is 55.0 Å². The van der Waals surface area contributed by atoms with E-state index in [1.165, 1.54) is 6.20 Å². The maximum Gasteiger partial charge on any atom is 0.138 e. The van der Waals surface area contributed by atoms with E-state index in [1.807, 2.05) is 49.5 Å². The van der Waals surface area contributed by atoms with Gasteiger partial charge in [-0.15, -0.1) is 0 Å². The molecule has 0 saturated carbocycles. The zero-order chi connectivity index (χ0) is 26.6. The summed E-state index contributed by atoms with van der Waals surface area (Å²) in [6.07, 6.45) is 3.33. The van der Waals surface area contributed by atoms with Gasteiger partial charge in [-0.25, -0.2) is 0 Å². The molecule has 1 aliphatic heterocycles. The van der Waals surface area contributed by atoms with Crippen molar-refractivity contribution in [3.05, 3.63) is 98.9 Å². The van der Waals surface area contributed by atoms with Gasteiger partial charge in [0.15, 0.2) is 0 Å². The van der Waals surface area contributed by atoms with Crippen LogP contribution >= 0.6 is 34.8 Å². The van der Waals surface area contributed by atoms with E-state index in [1.54, 1.807) is 18.2 Å². The number of hydrogen-bond donors (Lipinski definition) is 5. The number of rotatable bonds is 8. The van der Waals surface area contributed by atoms with Gasteiger partial charge in [-0.1, -0.05) is 46.9 Å². The minimum Gasteiger partial charge on any atom is -0.492 e. The smallest absolute Gasteiger partial charge is 0.138 e. The first-order valence-corrected chi connectivity index (χ1v) is 12.8. The van der Waals surface area contributed by atoms with Gasteiger partial charge in [0.05, 0.1) is 45.2 Å². The fraction of sp³-hybridized carbons (Fsp3) is 0.111. The summed E-state index contributed by atoms with van der Waals surface area (Å²) < 4.78 is 5.54. The number of ether oxygens (including phenoxy) is 1. The first kappa shape index (κ1) is 25.8. The lowest BCUT2D eigenvalue weighted by molar-refractivity contribution is 0.340. The highest BCUT2D eigenvalue weighted by Gasteiger charge is 2.21. The molecule has 5 N–H and O–H groups in total. The lowest BCUT2D eigenvalue weighted by Gasteiger charge is -2.22. The fourth-order valence-electron chi connectivity index (χ4n) is 4.13. The minimum atomic E-state index is -0.267. The molecule has 4 aromatic rings. The number of nitriles is 1. The highest BCUT2D eigenvalue weighted by molar-refractivity contribution is 6.36. The molecule has 192 valence electrons. The van der Waals surface area contributed by atoms with Crippen LogP contribution in [0.25, 0.3) is 10.9 Å². The van der Waals surface area contributed by atoms with Gasteiger partial charge in [0.25, 0.3) is 0 Å². The van der Waals surface area contributed by atoms with Crippen molar-refractivity contribution in [3.8, 4) is 11.8 Å². The van der Waals surface area contributed by atoms with E-state index in [-0.39, 0.29) is 6.04 Å². The third-order valence-corrected chi connectivity index (χ3v) is 6.71. The summed E-state index contributed by atoms with van der Waals surface area (Å²) in [4.78, 5) is 4.45. The van der Waals surface area contributed by atoms with Gasteiger partial charge in [0, 0.05) is 34.2 Å². The van der Waals surface area contributed by atoms with Crippen LogP contribution in [0.5, 0.6) is 5.75 Å². The van der Waals surface area contributed by atoms with Crippen molar-refractivity contribution in [1.82, 2.24) is 21.4 Å². The Morgan fingerprint density at radius 1 is 1.03 bits per heavy atom. The molecule has 0 spiro atoms. The van der Waals surface area contributed by atoms with Crippen molar-refractivity contribution in [2.75, 3.05) is 17.2 Å². The Labute approximate surface area is 234 Å². The van der Waals surface area contributed by atoms with Crippen LogP contribution in [0, 0.1) is 11.3 Å². The lowest BCUT2D eigenvalue weighted by Crippen LogP contribution is -2.33. The molecule has 8 nitrogen and oxygen atoms in total. The molecule has 0 bridgehead atoms. The number of pyridine rings is 1. The Kier molecular flexibility index (Phi) is 7.63. The second-order valence-electron chi connectivity index (χ2n) is 8.34. The third kappa shape index (κ3) is 5.37. The van der Waals surface area contributed by atoms with Crippen LogP contribution in [-0.4, -0.2) is 11.6 Å². The molecule has 3 aromatic carbocycles. The van der Waals surface area contributed by atoms with E-state index in [9.17, 15) is 5.26 Å². The van der Waals surface area contributed by atoms with E-state index >= 15 is 0 Å². The topological polar surface area (TPSA) is 106 Å². The van der Waals surface area contributed by atoms with Gasteiger partial charge in [-0.3, -0.25) is 4.98 Å². The van der Waals surface area contributed by atoms with Crippen molar-refractivity contribution in [3.63, 3.8) is 0 Å². The summed E-state index contributed by atoms with van der Waals surface area (Å²) in [6.45, 7) is 2.40. The predicted molar refractivity (Wildman–Crippen MR) is 153 cm³/mol. The summed E-state index contributed by atoms with van der Waals surface area (Å²) in [6, 6.07) is 18.6. The summed E-state index contributed by atoms with van der Waals surface area (Å²) in [5, 5.41) is 18.9. The molecule has 0 fully saturated rings. The number of aromatic nitrogens is 1. The molecule has 1 aliphatic rings. The van der Waals surface area contributed by atoms with Crippen LogP contribution in [0.1, 0.15) is 24.1 Å². The van der Waals surface area contributed by atoms with Gasteiger partial charge >= 0.3 is 0 Å². The van der Waals surface area contributed by atoms with Crippen LogP contribution in [0.15, 0.2) is 72.7 Å². The lowest BCUT2D eigenvalue weighted by atomic mass is 10.0. The number of hydrogen-bond acceptors (Lipinski definition) is 8. The molecular formula is C27H22Cl3N7O. The predicted octanol–water partition coefficient (Wildman–Crippen LogP) is 6.82. The Balaban J connectivity index is 1.57. The third-order valence-electron chi connectivity index (χ3n) is 5.88. The monoisotopic (exact) mass is 565 g/mol. The summed E-state index contributed by atoms with van der Waals surface area (Å²) in [5.41, 5.74) is 13.6. The Morgan fingerprint density at radius 3 is 2.50 bits per heavy atom. The average molecular weight is 567 g/mol. The maximum absolute atomic E-state index is 9.86. The van der Waals surface area contributed by atoms with Gasteiger partial charge in [0.2, 0.25) is 0 Å². The molecule has 0 amide bonds. The highest BCUT2D eigenvalue weighted by atomic mass is 35.5. The number of halogens is 3. The standard InChI is InChI=1S/C27H22Cl3N7O/c1-2-38-24-8-7-18(10-21(24)29)34-25-16(12-31)13-32-27-20(25)9-19(11-22(27)30)35-26(23-14-33-37-36-23)15-3-5-17(28)6-4-15/h3-11,13-14,26,33,35-37H,2H2,1H3,(H,32,34)/t26-/m0/s1. The van der Waals surface area contributed by atoms with E-state index in [0.717, 1.165) is 16.9 Å². The number of hydrazine groups is 2. The molecule has 0 saturated heterocycles. The van der Waals surface area contributed by atoms with Crippen LogP contribution in [0.4, 0.5) is 17.1 Å². The number of nitrogens with one attached hydrogen (secondary N) is 5. The molecule has 11 heteroatoms. The number of benzene rings is 3. The Morgan fingerprint density at radius 2 is 1.82 bits per heavy atom. The van der Waals surface area contributed by atoms with Crippen molar-refractivity contribution in [2.24, 2.45) is 0 Å². The largest absolute Gasteiger partial charge is 0.492 e. The SMILES string of the molecule is CCOc1ccc(Nc2c(C#N)cnc3c(Cl)cc(N[C@H](C4=CNNN4)c4ccc(Cl)cc4)cc23)cc1Cl. The van der Waals surface area contributed by atoms with Gasteiger partial charge < -0.3 is 26.2 Å². The van der Waals surface area contributed by atoms with Crippen LogP contribution in [0.3, 0.4) is 0 Å². The quantitative estimate of drug-likeness (QED) is 0.158. The number of nitrogens with zero attached hydrogens (tertiary/aromatic N) is 2. The van der Waals surface area contributed by atoms with Crippen LogP contribution in [-0.2, 0) is 0 Å². The molecular weight excluding hydrogens is 545 g/mol. The van der Waals surface area contributed by atoms with Crippen LogP contribution in [0.2, 0.25) is 15.1 Å². The second kappa shape index (κ2) is 11.3. The van der Waals surface area contributed by atoms with E-state index < -0.39 is 0 Å². The first-order chi connectivity index (χ1) is 18.5. The fourth-order valence-corrected chi connectivity index (χ4v) is 4.76. The molecule has 0 aliphatic carbocycles. The Hall–Kier alpha value is -3.87. The van der Waals surface area contributed by atoms with Crippen molar-refractivity contribution in [2.45, 2.75) is 13.0 Å². The van der Waals surface area contributed by atoms with Crippen molar-refractivity contribution >= 4 is 62.8 Å². The molecule has 2 heterocycles. The normalized spacial score (nSPS) is 13.2. The average Bonchev–Trinajstić information content (AvgIpc) is 3.45. The first-order valence-electron chi connectivity index (χ1n) is 11.7. The van der Waals surface area contributed by atoms with Crippen molar-refractivity contribution < 1.29 is 4.74 Å². The summed E-state index contributed by atoms with van der Waals surface area (Å²) in [7, 11) is 0. The molecule has 0 radical (unpaired) electrons. The van der Waals surface area contributed by atoms with E-state index in [2.05, 4.69) is 38.1 Å².